The fourth-order valence-corrected chi connectivity index (χ4v) is 4.79. The summed E-state index contributed by atoms with van der Waals surface area (Å²) in [6.07, 6.45) is 15.5. The molecule has 0 unspecified atom stereocenters. The number of nitrogens with one attached hydrogen (secondary N) is 1. The maximum absolute atomic E-state index is 13.1. The summed E-state index contributed by atoms with van der Waals surface area (Å²) >= 11 is 7.77. The number of amides is 1. The van der Waals surface area contributed by atoms with E-state index in [1.54, 1.807) is 0 Å². The fraction of sp³-hybridized carbons (Fsp3) is 0.385. The number of likely N-dealkylation sites (N-methyl/N-ethyl adjacent to an activating group) is 1. The van der Waals surface area contributed by atoms with Gasteiger partial charge < -0.3 is 16.0 Å². The Morgan fingerprint density at radius 1 is 1.30 bits per heavy atom. The second-order valence-corrected chi connectivity index (χ2v) is 9.87. The Kier molecular flexibility index (Phi) is 9.44. The van der Waals surface area contributed by atoms with Crippen molar-refractivity contribution in [3.8, 4) is 0 Å². The van der Waals surface area contributed by atoms with Crippen molar-refractivity contribution in [3.63, 3.8) is 0 Å². The molecule has 0 atom stereocenters. The lowest BCUT2D eigenvalue weighted by Crippen LogP contribution is -2.26. The highest BCUT2D eigenvalue weighted by atomic mass is 35.5. The van der Waals surface area contributed by atoms with Gasteiger partial charge in [0, 0.05) is 42.2 Å². The van der Waals surface area contributed by atoms with Crippen LogP contribution >= 0.6 is 22.9 Å². The van der Waals surface area contributed by atoms with Gasteiger partial charge in [0.05, 0.1) is 5.41 Å². The summed E-state index contributed by atoms with van der Waals surface area (Å²) < 4.78 is 0. The summed E-state index contributed by atoms with van der Waals surface area (Å²) in [4.78, 5) is 20.8. The van der Waals surface area contributed by atoms with E-state index in [9.17, 15) is 4.79 Å². The highest BCUT2D eigenvalue weighted by Crippen LogP contribution is 2.53. The van der Waals surface area contributed by atoms with E-state index < -0.39 is 5.41 Å². The van der Waals surface area contributed by atoms with Crippen molar-refractivity contribution in [2.45, 2.75) is 32.6 Å². The molecule has 1 amide bonds. The molecule has 3 N–H and O–H groups in total. The predicted molar refractivity (Wildman–Crippen MR) is 140 cm³/mol. The van der Waals surface area contributed by atoms with E-state index in [0.717, 1.165) is 53.4 Å². The molecular weight excluding hydrogens is 452 g/mol. The van der Waals surface area contributed by atoms with Crippen LogP contribution in [-0.2, 0) is 11.2 Å². The van der Waals surface area contributed by atoms with Gasteiger partial charge in [-0.05, 0) is 50.4 Å². The highest BCUT2D eigenvalue weighted by molar-refractivity contribution is 7.15. The number of halogens is 1. The van der Waals surface area contributed by atoms with Crippen LogP contribution in [0.5, 0.6) is 0 Å². The zero-order valence-corrected chi connectivity index (χ0v) is 21.0. The van der Waals surface area contributed by atoms with Gasteiger partial charge in [-0.25, -0.2) is 4.98 Å². The van der Waals surface area contributed by atoms with Crippen molar-refractivity contribution in [3.05, 3.63) is 81.9 Å². The normalized spacial score (nSPS) is 15.6. The van der Waals surface area contributed by atoms with E-state index in [2.05, 4.69) is 40.5 Å². The van der Waals surface area contributed by atoms with Crippen molar-refractivity contribution in [2.24, 2.45) is 11.1 Å². The summed E-state index contributed by atoms with van der Waals surface area (Å²) in [5.41, 5.74) is 7.23. The molecular formula is C26H33ClN4OS. The van der Waals surface area contributed by atoms with E-state index in [4.69, 9.17) is 17.3 Å². The molecule has 0 saturated heterocycles. The van der Waals surface area contributed by atoms with Gasteiger partial charge in [0.2, 0.25) is 5.91 Å². The number of carbonyl (C=O) groups excluding carboxylic acids is 1. The Morgan fingerprint density at radius 2 is 2.09 bits per heavy atom. The third-order valence-electron chi connectivity index (χ3n) is 5.86. The average Bonchev–Trinajstić information content (AvgIpc) is 3.49. The van der Waals surface area contributed by atoms with E-state index in [1.807, 2.05) is 49.5 Å². The van der Waals surface area contributed by atoms with Gasteiger partial charge in [-0.2, -0.15) is 0 Å². The lowest BCUT2D eigenvalue weighted by Gasteiger charge is -2.15. The van der Waals surface area contributed by atoms with Gasteiger partial charge in [0.1, 0.15) is 0 Å². The molecule has 1 saturated carbocycles. The number of anilines is 1. The maximum Gasteiger partial charge on any atom is 0.236 e. The van der Waals surface area contributed by atoms with Crippen LogP contribution in [0, 0.1) is 5.41 Å². The van der Waals surface area contributed by atoms with E-state index in [1.165, 1.54) is 11.3 Å². The number of hydrogen-bond donors (Lipinski definition) is 2. The molecule has 33 heavy (non-hydrogen) atoms. The first-order valence-electron chi connectivity index (χ1n) is 11.4. The van der Waals surface area contributed by atoms with Gasteiger partial charge in [0.15, 0.2) is 5.13 Å². The van der Waals surface area contributed by atoms with E-state index in [0.29, 0.717) is 18.1 Å². The molecule has 2 aromatic rings. The third kappa shape index (κ3) is 7.11. The van der Waals surface area contributed by atoms with Crippen LogP contribution in [0.25, 0.3) is 0 Å². The second kappa shape index (κ2) is 12.3. The van der Waals surface area contributed by atoms with Crippen LogP contribution in [0.1, 0.15) is 36.6 Å². The summed E-state index contributed by atoms with van der Waals surface area (Å²) in [6.45, 7) is 4.56. The number of benzene rings is 1. The first-order chi connectivity index (χ1) is 16.0. The molecule has 3 rings (SSSR count). The molecule has 1 aliphatic rings. The molecule has 7 heteroatoms. The molecule has 1 aromatic carbocycles. The second-order valence-electron chi connectivity index (χ2n) is 8.35. The topological polar surface area (TPSA) is 71.2 Å². The molecule has 5 nitrogen and oxygen atoms in total. The van der Waals surface area contributed by atoms with Crippen LogP contribution < -0.4 is 11.1 Å². The first-order valence-corrected chi connectivity index (χ1v) is 12.6. The number of rotatable bonds is 12. The van der Waals surface area contributed by atoms with Crippen molar-refractivity contribution >= 4 is 34.0 Å². The summed E-state index contributed by atoms with van der Waals surface area (Å²) in [7, 11) is 2.08. The minimum absolute atomic E-state index is 0.0197. The Hall–Kier alpha value is -2.25. The van der Waals surface area contributed by atoms with Crippen LogP contribution in [0.2, 0.25) is 5.02 Å². The molecule has 1 aliphatic carbocycles. The smallest absolute Gasteiger partial charge is 0.236 e. The summed E-state index contributed by atoms with van der Waals surface area (Å²) in [5, 5.41) is 4.42. The highest BCUT2D eigenvalue weighted by Gasteiger charge is 2.51. The van der Waals surface area contributed by atoms with Crippen molar-refractivity contribution < 1.29 is 4.79 Å². The molecule has 0 radical (unpaired) electrons. The average molecular weight is 485 g/mol. The van der Waals surface area contributed by atoms with Crippen LogP contribution in [-0.4, -0.2) is 42.5 Å². The quantitative estimate of drug-likeness (QED) is 0.393. The molecule has 1 fully saturated rings. The monoisotopic (exact) mass is 484 g/mol. The van der Waals surface area contributed by atoms with Crippen LogP contribution in [0.3, 0.4) is 0 Å². The zero-order chi connectivity index (χ0) is 23.7. The van der Waals surface area contributed by atoms with Gasteiger partial charge in [-0.15, -0.1) is 11.3 Å². The lowest BCUT2D eigenvalue weighted by molar-refractivity contribution is -0.119. The Balaban J connectivity index is 1.55. The van der Waals surface area contributed by atoms with E-state index in [-0.39, 0.29) is 5.91 Å². The largest absolute Gasteiger partial charge is 0.329 e. The molecule has 0 spiro atoms. The maximum atomic E-state index is 13.1. The van der Waals surface area contributed by atoms with Gasteiger partial charge in [0.25, 0.3) is 0 Å². The molecule has 0 aliphatic heterocycles. The Bertz CT molecular complexity index is 1020. The van der Waals surface area contributed by atoms with Gasteiger partial charge >= 0.3 is 0 Å². The Morgan fingerprint density at radius 3 is 2.79 bits per heavy atom. The van der Waals surface area contributed by atoms with Crippen molar-refractivity contribution in [1.29, 1.82) is 0 Å². The zero-order valence-electron chi connectivity index (χ0n) is 19.4. The SMILES string of the molecule is C\C=C(/C=C\C=C\CCN(C)CCN)C1(C(=O)Nc2ncc(Cc3ccccc3Cl)s2)CC1. The predicted octanol–water partition coefficient (Wildman–Crippen LogP) is 5.45. The summed E-state index contributed by atoms with van der Waals surface area (Å²) in [5.74, 6) is 0.0197. The van der Waals surface area contributed by atoms with Gasteiger partial charge in [-0.3, -0.25) is 4.79 Å². The Labute approximate surface area is 206 Å². The fourth-order valence-electron chi connectivity index (χ4n) is 3.76. The van der Waals surface area contributed by atoms with E-state index >= 15 is 0 Å². The van der Waals surface area contributed by atoms with Gasteiger partial charge in [-0.1, -0.05) is 60.2 Å². The minimum Gasteiger partial charge on any atom is -0.329 e. The number of carbonyl (C=O) groups is 1. The number of aromatic nitrogens is 1. The number of allylic oxidation sites excluding steroid dienone is 4. The number of hydrogen-bond acceptors (Lipinski definition) is 5. The molecule has 1 aromatic heterocycles. The molecule has 1 heterocycles. The van der Waals surface area contributed by atoms with Crippen molar-refractivity contribution in [2.75, 3.05) is 32.0 Å². The standard InChI is InChI=1S/C26H33ClN4OS/c1-3-21(11-6-4-5-9-16-31(2)17-15-28)26(13-14-26)24(32)30-25-29-19-22(33-25)18-20-10-7-8-12-23(20)27/h3-8,10-12,19H,9,13-18,28H2,1-2H3,(H,29,30,32)/b5-4+,11-6-,21-3+. The van der Waals surface area contributed by atoms with Crippen molar-refractivity contribution in [1.82, 2.24) is 9.88 Å². The lowest BCUT2D eigenvalue weighted by atomic mass is 9.94. The number of thiazole rings is 1. The van der Waals surface area contributed by atoms with Crippen LogP contribution in [0.15, 0.2) is 66.4 Å². The number of nitrogens with zero attached hydrogens (tertiary/aromatic N) is 2. The minimum atomic E-state index is -0.449. The van der Waals surface area contributed by atoms with Crippen LogP contribution in [0.4, 0.5) is 5.13 Å². The molecule has 0 bridgehead atoms. The first kappa shape index (κ1) is 25.4. The molecule has 176 valence electrons. The third-order valence-corrected chi connectivity index (χ3v) is 7.14. The number of nitrogens with two attached hydrogens (primary N) is 1. The summed E-state index contributed by atoms with van der Waals surface area (Å²) in [6, 6.07) is 7.80.